The molecule has 0 aliphatic rings. The Kier molecular flexibility index (Phi) is 4.98. The zero-order valence-corrected chi connectivity index (χ0v) is 13.6. The maximum Gasteiger partial charge on any atom is 0.278 e. The summed E-state index contributed by atoms with van der Waals surface area (Å²) in [6.45, 7) is 0. The lowest BCUT2D eigenvalue weighted by molar-refractivity contribution is -0.394. The lowest BCUT2D eigenvalue weighted by atomic mass is 10.2. The second-order valence-electron chi connectivity index (χ2n) is 3.20. The van der Waals surface area contributed by atoms with Gasteiger partial charge in [0.05, 0.1) is 21.6 Å². The van der Waals surface area contributed by atoms with E-state index in [0.717, 1.165) is 18.2 Å². The second kappa shape index (κ2) is 5.92. The normalized spacial score (nSPS) is 10.9. The number of benzene rings is 1. The number of hydrogen-bond donors (Lipinski definition) is 1. The standard InChI is InChI=1S/C8H4Br3N3O5/c9-8(10,11)7(15)12-4-1-5(13(16)17)3-6(2-4)14(18)19/h1-3H,(H,12,15). The maximum atomic E-state index is 11.6. The zero-order valence-electron chi connectivity index (χ0n) is 8.80. The number of nitrogens with zero attached hydrogens (tertiary/aromatic N) is 2. The number of nitro groups is 2. The van der Waals surface area contributed by atoms with Crippen molar-refractivity contribution >= 4 is 70.8 Å². The molecule has 19 heavy (non-hydrogen) atoms. The highest BCUT2D eigenvalue weighted by molar-refractivity contribution is 9.40. The van der Waals surface area contributed by atoms with E-state index in [1.54, 1.807) is 0 Å². The van der Waals surface area contributed by atoms with Crippen molar-refractivity contribution < 1.29 is 14.6 Å². The zero-order chi connectivity index (χ0) is 14.8. The van der Waals surface area contributed by atoms with Crippen LogP contribution >= 0.6 is 47.8 Å². The number of nitro benzene ring substituents is 2. The Balaban J connectivity index is 3.17. The summed E-state index contributed by atoms with van der Waals surface area (Å²) >= 11 is 8.85. The number of amides is 1. The van der Waals surface area contributed by atoms with E-state index in [-0.39, 0.29) is 5.69 Å². The monoisotopic (exact) mass is 459 g/mol. The number of rotatable bonds is 3. The Morgan fingerprint density at radius 3 is 1.79 bits per heavy atom. The van der Waals surface area contributed by atoms with Gasteiger partial charge in [0.15, 0.2) is 0 Å². The van der Waals surface area contributed by atoms with Crippen LogP contribution in [0, 0.1) is 20.2 Å². The molecule has 0 spiro atoms. The number of carbonyl (C=O) groups is 1. The van der Waals surface area contributed by atoms with Gasteiger partial charge in [-0.1, -0.05) is 0 Å². The van der Waals surface area contributed by atoms with E-state index in [2.05, 4.69) is 53.1 Å². The summed E-state index contributed by atoms with van der Waals surface area (Å²) in [5, 5.41) is 23.6. The summed E-state index contributed by atoms with van der Waals surface area (Å²) in [7, 11) is 0. The Morgan fingerprint density at radius 1 is 1.05 bits per heavy atom. The van der Waals surface area contributed by atoms with Crippen LogP contribution in [0.5, 0.6) is 0 Å². The van der Waals surface area contributed by atoms with Crippen molar-refractivity contribution in [1.29, 1.82) is 0 Å². The Morgan fingerprint density at radius 2 is 1.47 bits per heavy atom. The van der Waals surface area contributed by atoms with Crippen LogP contribution in [0.2, 0.25) is 0 Å². The van der Waals surface area contributed by atoms with Gasteiger partial charge in [0.2, 0.25) is 2.14 Å². The number of alkyl halides is 3. The summed E-state index contributed by atoms with van der Waals surface area (Å²) in [5.41, 5.74) is -1.05. The van der Waals surface area contributed by atoms with Crippen LogP contribution in [0.15, 0.2) is 18.2 Å². The Labute approximate surface area is 131 Å². The molecule has 0 heterocycles. The van der Waals surface area contributed by atoms with E-state index in [1.807, 2.05) is 0 Å². The molecule has 0 bridgehead atoms. The molecule has 0 saturated heterocycles. The number of halogens is 3. The van der Waals surface area contributed by atoms with Crippen LogP contribution in [-0.2, 0) is 4.79 Å². The van der Waals surface area contributed by atoms with Gasteiger partial charge in [0.25, 0.3) is 17.3 Å². The van der Waals surface area contributed by atoms with Gasteiger partial charge >= 0.3 is 0 Å². The van der Waals surface area contributed by atoms with E-state index < -0.39 is 29.3 Å². The molecular weight excluding hydrogens is 458 g/mol. The van der Waals surface area contributed by atoms with Crippen molar-refractivity contribution in [3.05, 3.63) is 38.4 Å². The van der Waals surface area contributed by atoms with Crippen molar-refractivity contribution in [1.82, 2.24) is 0 Å². The van der Waals surface area contributed by atoms with Crippen LogP contribution in [0.4, 0.5) is 17.1 Å². The molecule has 1 amide bonds. The van der Waals surface area contributed by atoms with Crippen molar-refractivity contribution in [3.8, 4) is 0 Å². The Bertz CT molecular complexity index is 525. The highest BCUT2D eigenvalue weighted by atomic mass is 80.0. The predicted molar refractivity (Wildman–Crippen MR) is 77.9 cm³/mol. The van der Waals surface area contributed by atoms with Gasteiger partial charge in [0, 0.05) is 12.1 Å². The first kappa shape index (κ1) is 16.0. The van der Waals surface area contributed by atoms with Crippen LogP contribution in [0.1, 0.15) is 0 Å². The average molecular weight is 462 g/mol. The van der Waals surface area contributed by atoms with Gasteiger partial charge in [-0.3, -0.25) is 25.0 Å². The smallest absolute Gasteiger partial charge is 0.278 e. The Hall–Kier alpha value is -1.07. The highest BCUT2D eigenvalue weighted by Crippen LogP contribution is 2.35. The summed E-state index contributed by atoms with van der Waals surface area (Å²) in [6.07, 6.45) is 0. The minimum Gasteiger partial charge on any atom is -0.323 e. The number of carbonyl (C=O) groups excluding carboxylic acids is 1. The summed E-state index contributed by atoms with van der Waals surface area (Å²) in [6, 6.07) is 2.84. The fourth-order valence-electron chi connectivity index (χ4n) is 1.08. The number of hydrogen-bond acceptors (Lipinski definition) is 5. The molecule has 0 aliphatic carbocycles. The lowest BCUT2D eigenvalue weighted by Gasteiger charge is -2.12. The van der Waals surface area contributed by atoms with Gasteiger partial charge in [-0.2, -0.15) is 0 Å². The number of nitrogens with one attached hydrogen (secondary N) is 1. The molecule has 102 valence electrons. The first-order valence-electron chi connectivity index (χ1n) is 4.43. The SMILES string of the molecule is O=C(Nc1cc([N+](=O)[O-])cc([N+](=O)[O-])c1)C(Br)(Br)Br. The molecule has 0 fully saturated rings. The quantitative estimate of drug-likeness (QED) is 0.421. The van der Waals surface area contributed by atoms with Crippen molar-refractivity contribution in [2.24, 2.45) is 0 Å². The summed E-state index contributed by atoms with van der Waals surface area (Å²) in [4.78, 5) is 31.3. The maximum absolute atomic E-state index is 11.6. The third kappa shape index (κ3) is 4.51. The van der Waals surface area contributed by atoms with Gasteiger partial charge in [-0.05, 0) is 47.8 Å². The molecule has 8 nitrogen and oxygen atoms in total. The molecule has 1 N–H and O–H groups in total. The number of anilines is 1. The topological polar surface area (TPSA) is 115 Å². The van der Waals surface area contributed by atoms with E-state index >= 15 is 0 Å². The first-order chi connectivity index (χ1) is 8.61. The van der Waals surface area contributed by atoms with E-state index in [1.165, 1.54) is 0 Å². The molecule has 0 aliphatic heterocycles. The van der Waals surface area contributed by atoms with Gasteiger partial charge in [0.1, 0.15) is 0 Å². The van der Waals surface area contributed by atoms with E-state index in [0.29, 0.717) is 0 Å². The fraction of sp³-hybridized carbons (Fsp3) is 0.125. The van der Waals surface area contributed by atoms with E-state index in [9.17, 15) is 25.0 Å². The van der Waals surface area contributed by atoms with Crippen LogP contribution in [0.3, 0.4) is 0 Å². The van der Waals surface area contributed by atoms with Crippen LogP contribution < -0.4 is 5.32 Å². The molecule has 1 aromatic rings. The fourth-order valence-corrected chi connectivity index (χ4v) is 1.38. The molecular formula is C8H4Br3N3O5. The number of non-ortho nitro benzene ring substituents is 2. The second-order valence-corrected chi connectivity index (χ2v) is 9.97. The van der Waals surface area contributed by atoms with Gasteiger partial charge < -0.3 is 5.32 Å². The van der Waals surface area contributed by atoms with Crippen molar-refractivity contribution in [3.63, 3.8) is 0 Å². The molecule has 1 aromatic carbocycles. The van der Waals surface area contributed by atoms with Gasteiger partial charge in [-0.15, -0.1) is 0 Å². The molecule has 0 radical (unpaired) electrons. The summed E-state index contributed by atoms with van der Waals surface area (Å²) in [5.74, 6) is -0.637. The molecule has 11 heteroatoms. The minimum atomic E-state index is -1.27. The lowest BCUT2D eigenvalue weighted by Crippen LogP contribution is -2.25. The van der Waals surface area contributed by atoms with Crippen molar-refractivity contribution in [2.45, 2.75) is 2.14 Å². The molecule has 0 aromatic heterocycles. The molecule has 0 unspecified atom stereocenters. The first-order valence-corrected chi connectivity index (χ1v) is 6.81. The minimum absolute atomic E-state index is 0.0615. The highest BCUT2D eigenvalue weighted by Gasteiger charge is 2.29. The third-order valence-corrected chi connectivity index (χ3v) is 2.92. The molecule has 0 saturated carbocycles. The predicted octanol–water partition coefficient (Wildman–Crippen LogP) is 3.28. The average Bonchev–Trinajstić information content (AvgIpc) is 2.27. The van der Waals surface area contributed by atoms with Crippen LogP contribution in [0.25, 0.3) is 0 Å². The van der Waals surface area contributed by atoms with Gasteiger partial charge in [-0.25, -0.2) is 0 Å². The molecule has 1 rings (SSSR count). The third-order valence-electron chi connectivity index (χ3n) is 1.84. The van der Waals surface area contributed by atoms with E-state index in [4.69, 9.17) is 0 Å². The largest absolute Gasteiger partial charge is 0.323 e. The van der Waals surface area contributed by atoms with Crippen molar-refractivity contribution in [2.75, 3.05) is 5.32 Å². The van der Waals surface area contributed by atoms with Crippen LogP contribution in [-0.4, -0.2) is 17.9 Å². The summed E-state index contributed by atoms with van der Waals surface area (Å²) < 4.78 is -1.27. The molecule has 0 atom stereocenters.